The van der Waals surface area contributed by atoms with Crippen LogP contribution >= 0.6 is 0 Å². The van der Waals surface area contributed by atoms with Crippen molar-refractivity contribution in [1.82, 2.24) is 4.90 Å². The van der Waals surface area contributed by atoms with Crippen molar-refractivity contribution in [3.63, 3.8) is 0 Å². The monoisotopic (exact) mass is 771 g/mol. The average Bonchev–Trinajstić information content (AvgIpc) is 3.43. The number of rotatable bonds is 9. The second-order valence-electron chi connectivity index (χ2n) is 17.2. The maximum absolute atomic E-state index is 14.2. The van der Waals surface area contributed by atoms with Crippen LogP contribution in [0, 0.1) is 17.8 Å². The second kappa shape index (κ2) is 17.3. The molecular formula is C40H69NO13. The second-order valence-corrected chi connectivity index (χ2v) is 17.2. The molecule has 17 atom stereocenters. The number of aliphatic hydroxyl groups excluding tert-OH is 2. The summed E-state index contributed by atoms with van der Waals surface area (Å²) in [7, 11) is 5.37. The minimum Gasteiger partial charge on any atom is -0.489 e. The Morgan fingerprint density at radius 3 is 2.19 bits per heavy atom. The Kier molecular flexibility index (Phi) is 14.4. The van der Waals surface area contributed by atoms with E-state index < -0.39 is 102 Å². The molecule has 4 heterocycles. The van der Waals surface area contributed by atoms with E-state index in [0.29, 0.717) is 18.6 Å². The highest BCUT2D eigenvalue weighted by Gasteiger charge is 2.56. The maximum Gasteiger partial charge on any atom is 0.311 e. The number of hydrogen-bond donors (Lipinski definition) is 3. The minimum atomic E-state index is -1.84. The number of nitrogens with zero attached hydrogens (tertiary/aromatic N) is 1. The third-order valence-corrected chi connectivity index (χ3v) is 12.5. The molecule has 0 unspecified atom stereocenters. The molecule has 0 amide bonds. The van der Waals surface area contributed by atoms with E-state index in [-0.39, 0.29) is 31.4 Å². The van der Waals surface area contributed by atoms with Gasteiger partial charge < -0.3 is 58.1 Å². The SMILES string of the molecule is CCC(=O)O[C@H]1[C@H](O[C@@H]2[C@@H](C)[C@H](O[C@H]3C[C@@](C)(OC)[C@@H](O)[C@H](C)O3)[C@@H](C)C(=O)O[C@H](CC)[C@@](C)(O)[C@H](O)[C@@H](C)C3=C(C)C[C@@]2(C)O3)O[C@H](C)C[C@@H]1N(C)C. The molecule has 14 nitrogen and oxygen atoms in total. The van der Waals surface area contributed by atoms with Crippen molar-refractivity contribution in [2.24, 2.45) is 17.8 Å². The molecular weight excluding hydrogens is 702 g/mol. The summed E-state index contributed by atoms with van der Waals surface area (Å²) in [6.07, 6.45) is -7.31. The Bertz CT molecular complexity index is 1340. The number of carbonyl (C=O) groups is 2. The number of methoxy groups -OCH3 is 1. The van der Waals surface area contributed by atoms with Gasteiger partial charge in [-0.2, -0.15) is 0 Å². The smallest absolute Gasteiger partial charge is 0.311 e. The molecule has 3 N–H and O–H groups in total. The van der Waals surface area contributed by atoms with Gasteiger partial charge in [-0.1, -0.05) is 27.7 Å². The fourth-order valence-electron chi connectivity index (χ4n) is 9.07. The predicted molar refractivity (Wildman–Crippen MR) is 198 cm³/mol. The molecule has 4 aliphatic heterocycles. The normalized spacial score (nSPS) is 46.6. The lowest BCUT2D eigenvalue weighted by Gasteiger charge is -2.49. The van der Waals surface area contributed by atoms with Gasteiger partial charge in [0.25, 0.3) is 0 Å². The summed E-state index contributed by atoms with van der Waals surface area (Å²) in [6.45, 7) is 19.7. The van der Waals surface area contributed by atoms with Gasteiger partial charge in [0.2, 0.25) is 0 Å². The van der Waals surface area contributed by atoms with E-state index in [1.54, 1.807) is 41.5 Å². The van der Waals surface area contributed by atoms with Gasteiger partial charge in [-0.25, -0.2) is 0 Å². The minimum absolute atomic E-state index is 0.156. The van der Waals surface area contributed by atoms with E-state index in [0.717, 1.165) is 5.57 Å². The highest BCUT2D eigenvalue weighted by atomic mass is 16.7. The van der Waals surface area contributed by atoms with Gasteiger partial charge in [0.05, 0.1) is 42.0 Å². The fraction of sp³-hybridized carbons (Fsp3) is 0.900. The van der Waals surface area contributed by atoms with Gasteiger partial charge in [-0.3, -0.25) is 9.59 Å². The molecule has 0 aliphatic carbocycles. The highest BCUT2D eigenvalue weighted by Crippen LogP contribution is 2.47. The molecule has 3 fully saturated rings. The summed E-state index contributed by atoms with van der Waals surface area (Å²) in [6, 6.07) is -0.230. The molecule has 4 rings (SSSR count). The molecule has 0 spiro atoms. The van der Waals surface area contributed by atoms with Crippen LogP contribution in [-0.2, 0) is 47.5 Å². The summed E-state index contributed by atoms with van der Waals surface area (Å²) >= 11 is 0. The van der Waals surface area contributed by atoms with Crippen LogP contribution in [0.15, 0.2) is 11.3 Å². The Morgan fingerprint density at radius 1 is 0.963 bits per heavy atom. The van der Waals surface area contributed by atoms with E-state index in [4.69, 9.17) is 37.9 Å². The van der Waals surface area contributed by atoms with Gasteiger partial charge in [0.15, 0.2) is 18.7 Å². The molecule has 0 aromatic heterocycles. The fourth-order valence-corrected chi connectivity index (χ4v) is 9.07. The Hall–Kier alpha value is -1.88. The van der Waals surface area contributed by atoms with Gasteiger partial charge in [0.1, 0.15) is 35.3 Å². The summed E-state index contributed by atoms with van der Waals surface area (Å²) < 4.78 is 51.4. The van der Waals surface area contributed by atoms with E-state index in [1.165, 1.54) is 14.0 Å². The van der Waals surface area contributed by atoms with Gasteiger partial charge in [-0.15, -0.1) is 0 Å². The number of aliphatic hydroxyl groups is 3. The van der Waals surface area contributed by atoms with Crippen LogP contribution in [0.25, 0.3) is 0 Å². The summed E-state index contributed by atoms with van der Waals surface area (Å²) in [5.41, 5.74) is -3.10. The van der Waals surface area contributed by atoms with Crippen molar-refractivity contribution in [2.75, 3.05) is 21.2 Å². The summed E-state index contributed by atoms with van der Waals surface area (Å²) in [5.74, 6) is -2.83. The molecule has 54 heavy (non-hydrogen) atoms. The van der Waals surface area contributed by atoms with Gasteiger partial charge in [0, 0.05) is 38.2 Å². The molecule has 0 aromatic rings. The maximum atomic E-state index is 14.2. The molecule has 3 saturated heterocycles. The number of fused-ring (bicyclic) bond motifs is 2. The Labute approximate surface area is 322 Å². The van der Waals surface area contributed by atoms with Crippen LogP contribution in [0.4, 0.5) is 0 Å². The lowest BCUT2D eigenvalue weighted by atomic mass is 9.78. The van der Waals surface area contributed by atoms with Crippen molar-refractivity contribution < 1.29 is 62.8 Å². The molecule has 0 saturated carbocycles. The van der Waals surface area contributed by atoms with Crippen LogP contribution in [0.3, 0.4) is 0 Å². The van der Waals surface area contributed by atoms with E-state index in [9.17, 15) is 24.9 Å². The molecule has 0 aromatic carbocycles. The van der Waals surface area contributed by atoms with E-state index in [2.05, 4.69) is 0 Å². The first-order chi connectivity index (χ1) is 25.0. The number of cyclic esters (lactones) is 1. The molecule has 4 aliphatic rings. The number of hydrogen-bond acceptors (Lipinski definition) is 14. The number of ether oxygens (including phenoxy) is 8. The lowest BCUT2D eigenvalue weighted by molar-refractivity contribution is -0.317. The van der Waals surface area contributed by atoms with Crippen molar-refractivity contribution in [1.29, 1.82) is 0 Å². The summed E-state index contributed by atoms with van der Waals surface area (Å²) in [5, 5.41) is 34.5. The standard InChI is InChI=1S/C40H69NO13/c1-15-27-40(11,46)33(43)22(5)30-20(3)18-39(10,54-30)35(53-37-32(51-28(42)16-2)26(41(12)13)17-21(4)48-37)23(6)31(24(7)36(45)50-27)52-29-19-38(9,47-14)34(44)25(8)49-29/h21-27,29,31-35,37,43-44,46H,15-19H2,1-14H3/t21-,22+,23+,24-,25+,26+,27-,29+,31+,32-,33-,34+,35-,37+,38-,39-,40-/m1/s1. The third kappa shape index (κ3) is 8.97. The lowest BCUT2D eigenvalue weighted by Crippen LogP contribution is -2.61. The number of carbonyl (C=O) groups excluding carboxylic acids is 2. The number of esters is 2. The zero-order chi connectivity index (χ0) is 40.7. The number of likely N-dealkylation sites (N-methyl/N-ethyl adjacent to an activating group) is 1. The summed E-state index contributed by atoms with van der Waals surface area (Å²) in [4.78, 5) is 29.1. The van der Waals surface area contributed by atoms with Crippen molar-refractivity contribution in [3.8, 4) is 0 Å². The predicted octanol–water partition coefficient (Wildman–Crippen LogP) is 3.85. The highest BCUT2D eigenvalue weighted by molar-refractivity contribution is 5.73. The topological polar surface area (TPSA) is 172 Å². The van der Waals surface area contributed by atoms with Crippen molar-refractivity contribution >= 4 is 11.9 Å². The first-order valence-electron chi connectivity index (χ1n) is 19.8. The average molecular weight is 772 g/mol. The first-order valence-corrected chi connectivity index (χ1v) is 19.8. The van der Waals surface area contributed by atoms with Crippen LogP contribution in [0.2, 0.25) is 0 Å². The van der Waals surface area contributed by atoms with Crippen LogP contribution in [0.1, 0.15) is 108 Å². The molecule has 14 heteroatoms. The van der Waals surface area contributed by atoms with Crippen LogP contribution < -0.4 is 0 Å². The molecule has 0 radical (unpaired) electrons. The van der Waals surface area contributed by atoms with E-state index in [1.807, 2.05) is 46.7 Å². The largest absolute Gasteiger partial charge is 0.489 e. The van der Waals surface area contributed by atoms with Crippen LogP contribution in [-0.4, -0.2) is 138 Å². The Balaban J connectivity index is 1.88. The third-order valence-electron chi connectivity index (χ3n) is 12.5. The van der Waals surface area contributed by atoms with Crippen LogP contribution in [0.5, 0.6) is 0 Å². The zero-order valence-electron chi connectivity index (χ0n) is 35.0. The quantitative estimate of drug-likeness (QED) is 0.289. The van der Waals surface area contributed by atoms with Crippen molar-refractivity contribution in [3.05, 3.63) is 11.3 Å². The first kappa shape index (κ1) is 44.8. The zero-order valence-corrected chi connectivity index (χ0v) is 35.0. The molecule has 2 bridgehead atoms. The molecule has 312 valence electrons. The van der Waals surface area contributed by atoms with Gasteiger partial charge in [-0.05, 0) is 81.0 Å². The van der Waals surface area contributed by atoms with Crippen molar-refractivity contribution in [2.45, 2.75) is 193 Å². The van der Waals surface area contributed by atoms with Gasteiger partial charge >= 0.3 is 11.9 Å². The van der Waals surface area contributed by atoms with E-state index >= 15 is 0 Å². The Morgan fingerprint density at radius 2 is 1.61 bits per heavy atom.